The van der Waals surface area contributed by atoms with Crippen molar-refractivity contribution in [2.45, 2.75) is 0 Å². The van der Waals surface area contributed by atoms with Crippen LogP contribution in [0.3, 0.4) is 0 Å². The van der Waals surface area contributed by atoms with E-state index in [9.17, 15) is 4.79 Å². The molecule has 0 saturated heterocycles. The minimum absolute atomic E-state index is 0.217. The number of nitrogens with zero attached hydrogens (tertiary/aromatic N) is 4. The normalized spacial score (nSPS) is 10.7. The molecule has 0 bridgehead atoms. The summed E-state index contributed by atoms with van der Waals surface area (Å²) in [5.41, 5.74) is 0.920. The lowest BCUT2D eigenvalue weighted by Gasteiger charge is -2.08. The van der Waals surface area contributed by atoms with E-state index < -0.39 is 5.97 Å². The number of benzene rings is 1. The third-order valence-electron chi connectivity index (χ3n) is 2.62. The van der Waals surface area contributed by atoms with Gasteiger partial charge in [-0.15, -0.1) is 0 Å². The number of rotatable bonds is 3. The number of nitrogens with one attached hydrogen (secondary N) is 1. The molecule has 0 saturated carbocycles. The van der Waals surface area contributed by atoms with Crippen LogP contribution in [0.4, 0.5) is 11.5 Å². The van der Waals surface area contributed by atoms with Gasteiger partial charge in [-0.25, -0.2) is 4.79 Å². The summed E-state index contributed by atoms with van der Waals surface area (Å²) in [4.78, 5) is 18.8. The summed E-state index contributed by atoms with van der Waals surface area (Å²) in [5.74, 6) is -0.00935. The van der Waals surface area contributed by atoms with Crippen molar-refractivity contribution >= 4 is 34.9 Å². The molecule has 3 rings (SSSR count). The minimum Gasteiger partial charge on any atom is -0.478 e. The fourth-order valence-corrected chi connectivity index (χ4v) is 1.90. The van der Waals surface area contributed by atoms with Gasteiger partial charge in [0.1, 0.15) is 17.3 Å². The van der Waals surface area contributed by atoms with Gasteiger partial charge in [-0.1, -0.05) is 11.6 Å². The van der Waals surface area contributed by atoms with Gasteiger partial charge < -0.3 is 10.4 Å². The molecule has 3 aromatic rings. The maximum absolute atomic E-state index is 10.8. The van der Waals surface area contributed by atoms with Crippen LogP contribution in [0.25, 0.3) is 5.78 Å². The number of anilines is 2. The Morgan fingerprint density at radius 1 is 1.30 bits per heavy atom. The Morgan fingerprint density at radius 2 is 2.05 bits per heavy atom. The average Bonchev–Trinajstić information content (AvgIpc) is 2.87. The SMILES string of the molecule is O=C(O)c1ccc(Nc2cc(Cl)nc3ncnn23)cc1. The van der Waals surface area contributed by atoms with Crippen LogP contribution in [0.5, 0.6) is 0 Å². The molecule has 2 N–H and O–H groups in total. The highest BCUT2D eigenvalue weighted by molar-refractivity contribution is 6.29. The second kappa shape index (κ2) is 4.78. The van der Waals surface area contributed by atoms with Crippen LogP contribution in [0, 0.1) is 0 Å². The molecule has 0 fully saturated rings. The van der Waals surface area contributed by atoms with E-state index in [0.717, 1.165) is 0 Å². The van der Waals surface area contributed by atoms with Crippen molar-refractivity contribution < 1.29 is 9.90 Å². The molecule has 8 heteroatoms. The second-order valence-electron chi connectivity index (χ2n) is 3.94. The highest BCUT2D eigenvalue weighted by Crippen LogP contribution is 2.20. The molecule has 100 valence electrons. The third kappa shape index (κ3) is 2.26. The number of aromatic nitrogens is 4. The summed E-state index contributed by atoms with van der Waals surface area (Å²) >= 11 is 5.90. The van der Waals surface area contributed by atoms with Crippen molar-refractivity contribution in [3.8, 4) is 0 Å². The molecule has 0 spiro atoms. The van der Waals surface area contributed by atoms with E-state index in [1.165, 1.54) is 23.0 Å². The van der Waals surface area contributed by atoms with E-state index in [1.807, 2.05) is 0 Å². The molecule has 0 amide bonds. The predicted octanol–water partition coefficient (Wildman–Crippen LogP) is 2.22. The van der Waals surface area contributed by atoms with E-state index in [-0.39, 0.29) is 10.7 Å². The molecular weight excluding hydrogens is 282 g/mol. The lowest BCUT2D eigenvalue weighted by molar-refractivity contribution is 0.0697. The van der Waals surface area contributed by atoms with Crippen LogP contribution in [0.2, 0.25) is 5.15 Å². The third-order valence-corrected chi connectivity index (χ3v) is 2.82. The first-order chi connectivity index (χ1) is 9.63. The van der Waals surface area contributed by atoms with Crippen molar-refractivity contribution in [1.29, 1.82) is 0 Å². The van der Waals surface area contributed by atoms with Gasteiger partial charge in [0.05, 0.1) is 5.56 Å². The topological polar surface area (TPSA) is 92.4 Å². The van der Waals surface area contributed by atoms with E-state index in [4.69, 9.17) is 16.7 Å². The van der Waals surface area contributed by atoms with Crippen molar-refractivity contribution in [2.24, 2.45) is 0 Å². The van der Waals surface area contributed by atoms with Gasteiger partial charge in [-0.2, -0.15) is 19.6 Å². The number of carbonyl (C=O) groups is 1. The summed E-state index contributed by atoms with van der Waals surface area (Å²) in [5, 5.41) is 16.2. The van der Waals surface area contributed by atoms with Gasteiger partial charge in [-0.3, -0.25) is 0 Å². The zero-order chi connectivity index (χ0) is 14.1. The van der Waals surface area contributed by atoms with Gasteiger partial charge in [-0.05, 0) is 24.3 Å². The number of fused-ring (bicyclic) bond motifs is 1. The zero-order valence-corrected chi connectivity index (χ0v) is 10.7. The van der Waals surface area contributed by atoms with Crippen molar-refractivity contribution in [3.05, 3.63) is 47.4 Å². The lowest BCUT2D eigenvalue weighted by atomic mass is 10.2. The molecule has 0 aliphatic heterocycles. The van der Waals surface area contributed by atoms with Crippen LogP contribution >= 0.6 is 11.6 Å². The molecule has 0 aliphatic rings. The lowest BCUT2D eigenvalue weighted by Crippen LogP contribution is -2.02. The van der Waals surface area contributed by atoms with Crippen molar-refractivity contribution in [3.63, 3.8) is 0 Å². The summed E-state index contributed by atoms with van der Waals surface area (Å²) in [6.45, 7) is 0. The van der Waals surface area contributed by atoms with Crippen LogP contribution in [0.15, 0.2) is 36.7 Å². The van der Waals surface area contributed by atoms with E-state index >= 15 is 0 Å². The van der Waals surface area contributed by atoms with Gasteiger partial charge in [0.15, 0.2) is 0 Å². The summed E-state index contributed by atoms with van der Waals surface area (Å²) in [6, 6.07) is 7.92. The maximum Gasteiger partial charge on any atom is 0.335 e. The number of carboxylic acids is 1. The number of carboxylic acid groups (broad SMARTS) is 1. The van der Waals surface area contributed by atoms with E-state index in [2.05, 4.69) is 20.4 Å². The number of hydrogen-bond acceptors (Lipinski definition) is 5. The van der Waals surface area contributed by atoms with Crippen LogP contribution in [-0.4, -0.2) is 30.7 Å². The molecule has 1 aromatic carbocycles. The average molecular weight is 290 g/mol. The second-order valence-corrected chi connectivity index (χ2v) is 4.33. The first-order valence-electron chi connectivity index (χ1n) is 5.60. The molecule has 0 aliphatic carbocycles. The van der Waals surface area contributed by atoms with Gasteiger partial charge >= 0.3 is 5.97 Å². The molecule has 2 aromatic heterocycles. The van der Waals surface area contributed by atoms with Crippen LogP contribution in [-0.2, 0) is 0 Å². The number of aromatic carboxylic acids is 1. The van der Waals surface area contributed by atoms with Crippen molar-refractivity contribution in [1.82, 2.24) is 19.6 Å². The highest BCUT2D eigenvalue weighted by Gasteiger charge is 2.07. The Hall–Kier alpha value is -2.67. The standard InChI is InChI=1S/C12H8ClN5O2/c13-9-5-10(18-12(17-9)14-6-15-18)16-8-3-1-7(2-4-8)11(19)20/h1-6,16H,(H,19,20). The smallest absolute Gasteiger partial charge is 0.335 e. The Labute approximate surface area is 117 Å². The van der Waals surface area contributed by atoms with Gasteiger partial charge in [0, 0.05) is 11.8 Å². The number of hydrogen-bond donors (Lipinski definition) is 2. The molecule has 0 atom stereocenters. The monoisotopic (exact) mass is 289 g/mol. The van der Waals surface area contributed by atoms with E-state index in [0.29, 0.717) is 17.3 Å². The quantitative estimate of drug-likeness (QED) is 0.718. The van der Waals surface area contributed by atoms with Crippen LogP contribution < -0.4 is 5.32 Å². The molecule has 2 heterocycles. The molecule has 20 heavy (non-hydrogen) atoms. The Bertz CT molecular complexity index is 784. The maximum atomic E-state index is 10.8. The predicted molar refractivity (Wildman–Crippen MR) is 72.5 cm³/mol. The fourth-order valence-electron chi connectivity index (χ4n) is 1.72. The van der Waals surface area contributed by atoms with Crippen molar-refractivity contribution in [2.75, 3.05) is 5.32 Å². The van der Waals surface area contributed by atoms with Gasteiger partial charge in [0.2, 0.25) is 0 Å². The molecule has 0 radical (unpaired) electrons. The van der Waals surface area contributed by atoms with Crippen LogP contribution in [0.1, 0.15) is 10.4 Å². The molecular formula is C12H8ClN5O2. The Balaban J connectivity index is 1.96. The highest BCUT2D eigenvalue weighted by atomic mass is 35.5. The van der Waals surface area contributed by atoms with E-state index in [1.54, 1.807) is 18.2 Å². The molecule has 0 unspecified atom stereocenters. The molecule has 7 nitrogen and oxygen atoms in total. The Kier molecular flexibility index (Phi) is 2.96. The minimum atomic E-state index is -0.970. The summed E-state index contributed by atoms with van der Waals surface area (Å²) < 4.78 is 1.50. The fraction of sp³-hybridized carbons (Fsp3) is 0. The largest absolute Gasteiger partial charge is 0.478 e. The van der Waals surface area contributed by atoms with Gasteiger partial charge in [0.25, 0.3) is 5.78 Å². The first kappa shape index (κ1) is 12.4. The first-order valence-corrected chi connectivity index (χ1v) is 5.98. The zero-order valence-electron chi connectivity index (χ0n) is 9.99. The Morgan fingerprint density at radius 3 is 2.75 bits per heavy atom. The number of halogens is 1. The summed E-state index contributed by atoms with van der Waals surface area (Å²) in [6.07, 6.45) is 1.37. The summed E-state index contributed by atoms with van der Waals surface area (Å²) in [7, 11) is 0.